The first-order valence-corrected chi connectivity index (χ1v) is 8.99. The van der Waals surface area contributed by atoms with Crippen LogP contribution < -0.4 is 10.1 Å². The lowest BCUT2D eigenvalue weighted by molar-refractivity contribution is -0.118. The molecule has 0 heterocycles. The van der Waals surface area contributed by atoms with Crippen molar-refractivity contribution in [2.75, 3.05) is 11.9 Å². The molecule has 0 aliphatic carbocycles. The van der Waals surface area contributed by atoms with Crippen LogP contribution in [0.15, 0.2) is 72.8 Å². The molecule has 1 amide bonds. The van der Waals surface area contributed by atoms with Gasteiger partial charge in [0.1, 0.15) is 11.9 Å². The number of rotatable bonds is 6. The van der Waals surface area contributed by atoms with Crippen molar-refractivity contribution in [3.63, 3.8) is 0 Å². The first-order chi connectivity index (χ1) is 13.0. The van der Waals surface area contributed by atoms with Crippen LogP contribution in [-0.2, 0) is 4.79 Å². The van der Waals surface area contributed by atoms with Crippen molar-refractivity contribution in [1.29, 1.82) is 0 Å². The molecule has 0 saturated heterocycles. The molecule has 3 rings (SSSR count). The van der Waals surface area contributed by atoms with Gasteiger partial charge in [-0.1, -0.05) is 53.5 Å². The number of hydrogen-bond donors (Lipinski definition) is 2. The Balaban J connectivity index is 1.72. The fourth-order valence-electron chi connectivity index (χ4n) is 2.55. The van der Waals surface area contributed by atoms with Crippen LogP contribution in [0.25, 0.3) is 0 Å². The normalized spacial score (nSPS) is 11.7. The third-order valence-electron chi connectivity index (χ3n) is 3.88. The summed E-state index contributed by atoms with van der Waals surface area (Å²) in [5.74, 6) is 0.184. The van der Waals surface area contributed by atoms with Crippen LogP contribution in [0.5, 0.6) is 5.75 Å². The van der Waals surface area contributed by atoms with Gasteiger partial charge in [-0.15, -0.1) is 0 Å². The summed E-state index contributed by atoms with van der Waals surface area (Å²) >= 11 is 11.9. The first-order valence-electron chi connectivity index (χ1n) is 8.23. The Labute approximate surface area is 167 Å². The number of ether oxygens (including phenoxy) is 1. The molecule has 0 spiro atoms. The molecule has 1 atom stereocenters. The maximum absolute atomic E-state index is 12.3. The second kappa shape index (κ2) is 8.91. The van der Waals surface area contributed by atoms with E-state index in [1.54, 1.807) is 54.6 Å². The number of benzene rings is 3. The fourth-order valence-corrected chi connectivity index (χ4v) is 2.86. The number of aliphatic hydroxyl groups is 1. The van der Waals surface area contributed by atoms with E-state index >= 15 is 0 Å². The van der Waals surface area contributed by atoms with Crippen LogP contribution in [0, 0.1) is 0 Å². The Kier molecular flexibility index (Phi) is 6.35. The zero-order chi connectivity index (χ0) is 19.2. The van der Waals surface area contributed by atoms with Gasteiger partial charge in [-0.2, -0.15) is 0 Å². The number of aliphatic hydroxyl groups excluding tert-OH is 1. The minimum Gasteiger partial charge on any atom is -0.484 e. The van der Waals surface area contributed by atoms with Gasteiger partial charge in [-0.25, -0.2) is 0 Å². The van der Waals surface area contributed by atoms with Gasteiger partial charge in [0.25, 0.3) is 5.91 Å². The Hall–Kier alpha value is -2.53. The minimum absolute atomic E-state index is 0.175. The standard InChI is InChI=1S/C21H17Cl2NO3/c22-15-6-9-17(10-7-15)27-13-20(25)24-19-11-8-16(23)12-18(19)21(26)14-4-2-1-3-5-14/h1-12,21,26H,13H2,(H,24,25)/t21-/m0/s1. The van der Waals surface area contributed by atoms with Crippen LogP contribution in [0.2, 0.25) is 10.0 Å². The highest BCUT2D eigenvalue weighted by Crippen LogP contribution is 2.30. The van der Waals surface area contributed by atoms with E-state index < -0.39 is 6.10 Å². The quantitative estimate of drug-likeness (QED) is 0.604. The molecule has 3 aromatic carbocycles. The summed E-state index contributed by atoms with van der Waals surface area (Å²) < 4.78 is 5.44. The molecule has 2 N–H and O–H groups in total. The van der Waals surface area contributed by atoms with E-state index in [1.165, 1.54) is 0 Å². The second-order valence-electron chi connectivity index (χ2n) is 5.84. The number of nitrogens with one attached hydrogen (secondary N) is 1. The summed E-state index contributed by atoms with van der Waals surface area (Å²) in [6.07, 6.45) is -0.919. The number of carbonyl (C=O) groups excluding carboxylic acids is 1. The number of anilines is 1. The van der Waals surface area contributed by atoms with Gasteiger partial charge < -0.3 is 15.2 Å². The molecule has 0 aliphatic rings. The van der Waals surface area contributed by atoms with Crippen molar-refractivity contribution >= 4 is 34.8 Å². The van der Waals surface area contributed by atoms with Crippen molar-refractivity contribution in [2.45, 2.75) is 6.10 Å². The molecule has 0 fully saturated rings. The van der Waals surface area contributed by atoms with E-state index in [9.17, 15) is 9.90 Å². The molecule has 27 heavy (non-hydrogen) atoms. The largest absolute Gasteiger partial charge is 0.484 e. The lowest BCUT2D eigenvalue weighted by atomic mass is 10.00. The highest BCUT2D eigenvalue weighted by atomic mass is 35.5. The Morgan fingerprint density at radius 3 is 2.33 bits per heavy atom. The van der Waals surface area contributed by atoms with E-state index in [0.29, 0.717) is 32.6 Å². The lowest BCUT2D eigenvalue weighted by Crippen LogP contribution is -2.21. The predicted octanol–water partition coefficient (Wildman–Crippen LogP) is 5.09. The highest BCUT2D eigenvalue weighted by molar-refractivity contribution is 6.31. The minimum atomic E-state index is -0.919. The molecule has 4 nitrogen and oxygen atoms in total. The van der Waals surface area contributed by atoms with Gasteiger partial charge in [0.15, 0.2) is 6.61 Å². The van der Waals surface area contributed by atoms with Crippen LogP contribution in [0.1, 0.15) is 17.2 Å². The number of hydrogen-bond acceptors (Lipinski definition) is 3. The van der Waals surface area contributed by atoms with Gasteiger partial charge in [-0.3, -0.25) is 4.79 Å². The molecular formula is C21H17Cl2NO3. The van der Waals surface area contributed by atoms with E-state index in [0.717, 1.165) is 0 Å². The highest BCUT2D eigenvalue weighted by Gasteiger charge is 2.17. The average Bonchev–Trinajstić information content (AvgIpc) is 2.69. The summed E-state index contributed by atoms with van der Waals surface area (Å²) in [7, 11) is 0. The molecule has 3 aromatic rings. The molecule has 138 valence electrons. The molecule has 0 radical (unpaired) electrons. The van der Waals surface area contributed by atoms with E-state index in [-0.39, 0.29) is 12.5 Å². The number of carbonyl (C=O) groups is 1. The van der Waals surface area contributed by atoms with Crippen LogP contribution in [0.3, 0.4) is 0 Å². The summed E-state index contributed by atoms with van der Waals surface area (Å²) in [5, 5.41) is 14.5. The maximum atomic E-state index is 12.3. The van der Waals surface area contributed by atoms with Gasteiger partial charge in [0, 0.05) is 21.3 Å². The molecule has 0 saturated carbocycles. The van der Waals surface area contributed by atoms with Crippen LogP contribution >= 0.6 is 23.2 Å². The van der Waals surface area contributed by atoms with Crippen molar-refractivity contribution in [3.8, 4) is 5.75 Å². The lowest BCUT2D eigenvalue weighted by Gasteiger charge is -2.17. The van der Waals surface area contributed by atoms with E-state index in [2.05, 4.69) is 5.32 Å². The average molecular weight is 402 g/mol. The maximum Gasteiger partial charge on any atom is 0.262 e. The summed E-state index contributed by atoms with van der Waals surface area (Å²) in [6.45, 7) is -0.175. The monoisotopic (exact) mass is 401 g/mol. The molecule has 6 heteroatoms. The van der Waals surface area contributed by atoms with Crippen molar-refractivity contribution in [1.82, 2.24) is 0 Å². The van der Waals surface area contributed by atoms with Gasteiger partial charge >= 0.3 is 0 Å². The van der Waals surface area contributed by atoms with Crippen LogP contribution in [0.4, 0.5) is 5.69 Å². The SMILES string of the molecule is O=C(COc1ccc(Cl)cc1)Nc1ccc(Cl)cc1[C@@H](O)c1ccccc1. The fraction of sp³-hybridized carbons (Fsp3) is 0.0952. The summed E-state index contributed by atoms with van der Waals surface area (Å²) in [6, 6.07) is 20.8. The van der Waals surface area contributed by atoms with Gasteiger partial charge in [0.2, 0.25) is 0 Å². The first kappa shape index (κ1) is 19.2. The summed E-state index contributed by atoms with van der Waals surface area (Å²) in [4.78, 5) is 12.3. The topological polar surface area (TPSA) is 58.6 Å². The second-order valence-corrected chi connectivity index (χ2v) is 6.71. The van der Waals surface area contributed by atoms with Gasteiger partial charge in [0.05, 0.1) is 0 Å². The third kappa shape index (κ3) is 5.23. The smallest absolute Gasteiger partial charge is 0.262 e. The molecule has 0 bridgehead atoms. The van der Waals surface area contributed by atoms with Crippen LogP contribution in [-0.4, -0.2) is 17.6 Å². The molecular weight excluding hydrogens is 385 g/mol. The Morgan fingerprint density at radius 2 is 1.63 bits per heavy atom. The predicted molar refractivity (Wildman–Crippen MR) is 108 cm³/mol. The van der Waals surface area contributed by atoms with Gasteiger partial charge in [-0.05, 0) is 48.0 Å². The van der Waals surface area contributed by atoms with Crippen molar-refractivity contribution < 1.29 is 14.6 Å². The Bertz CT molecular complexity index is 914. The van der Waals surface area contributed by atoms with E-state index in [4.69, 9.17) is 27.9 Å². The third-order valence-corrected chi connectivity index (χ3v) is 4.37. The Morgan fingerprint density at radius 1 is 0.963 bits per heavy atom. The summed E-state index contributed by atoms with van der Waals surface area (Å²) in [5.41, 5.74) is 1.68. The van der Waals surface area contributed by atoms with Crippen molar-refractivity contribution in [2.24, 2.45) is 0 Å². The number of amides is 1. The van der Waals surface area contributed by atoms with E-state index in [1.807, 2.05) is 18.2 Å². The zero-order valence-corrected chi connectivity index (χ0v) is 15.7. The molecule has 0 aromatic heterocycles. The molecule has 0 aliphatic heterocycles. The zero-order valence-electron chi connectivity index (χ0n) is 14.2. The molecule has 0 unspecified atom stereocenters. The van der Waals surface area contributed by atoms with Crippen molar-refractivity contribution in [3.05, 3.63) is 94.0 Å². The number of halogens is 2.